The summed E-state index contributed by atoms with van der Waals surface area (Å²) in [6, 6.07) is 0. The first-order valence-corrected chi connectivity index (χ1v) is 5.64. The van der Waals surface area contributed by atoms with E-state index in [1.54, 1.807) is 0 Å². The van der Waals surface area contributed by atoms with E-state index in [1.165, 1.54) is 25.7 Å². The maximum absolute atomic E-state index is 10.9. The molecule has 1 aliphatic rings. The second-order valence-corrected chi connectivity index (χ2v) is 4.12. The number of carbonyl (C=O) groups is 1. The predicted octanol–water partition coefficient (Wildman–Crippen LogP) is 0.867. The van der Waals surface area contributed by atoms with Gasteiger partial charge in [-0.15, -0.1) is 0 Å². The van der Waals surface area contributed by atoms with E-state index in [0.29, 0.717) is 12.3 Å². The minimum Gasteiger partial charge on any atom is -0.755 e. The summed E-state index contributed by atoms with van der Waals surface area (Å²) in [7, 11) is 0. The highest BCUT2D eigenvalue weighted by Gasteiger charge is 2.15. The molecule has 0 aromatic carbocycles. The molecule has 1 aliphatic carbocycles. The Morgan fingerprint density at radius 1 is 1.46 bits per heavy atom. The van der Waals surface area contributed by atoms with Gasteiger partial charge in [-0.25, -0.2) is 0 Å². The Kier molecular flexibility index (Phi) is 4.38. The molecule has 76 valence electrons. The molecule has 0 heterocycles. The lowest BCUT2D eigenvalue weighted by Crippen LogP contribution is -2.25. The zero-order valence-electron chi connectivity index (χ0n) is 7.45. The van der Waals surface area contributed by atoms with Gasteiger partial charge in [0.25, 0.3) is 0 Å². The lowest BCUT2D eigenvalue weighted by atomic mass is 10.0. The van der Waals surface area contributed by atoms with Crippen LogP contribution in [0.2, 0.25) is 0 Å². The number of carbonyl (C=O) groups excluding carboxylic acids is 1. The molecule has 0 aromatic rings. The van der Waals surface area contributed by atoms with E-state index in [9.17, 15) is 13.6 Å². The molecule has 1 atom stereocenters. The van der Waals surface area contributed by atoms with Crippen LogP contribution in [0.1, 0.15) is 38.5 Å². The molecule has 0 spiro atoms. The lowest BCUT2D eigenvalue weighted by Gasteiger charge is -2.09. The van der Waals surface area contributed by atoms with Crippen molar-refractivity contribution in [3.05, 3.63) is 0 Å². The van der Waals surface area contributed by atoms with Gasteiger partial charge in [0, 0.05) is 17.7 Å². The Bertz CT molecular complexity index is 202. The molecule has 0 radical (unpaired) electrons. The summed E-state index contributed by atoms with van der Waals surface area (Å²) < 4.78 is 22.0. The number of amides is 1. The largest absolute Gasteiger partial charge is 0.755 e. The Morgan fingerprint density at radius 3 is 2.62 bits per heavy atom. The zero-order chi connectivity index (χ0) is 9.68. The molecule has 0 aliphatic heterocycles. The minimum absolute atomic E-state index is 0.332. The fourth-order valence-electron chi connectivity index (χ4n) is 1.78. The number of nitrogens with one attached hydrogen (secondary N) is 1. The predicted molar refractivity (Wildman–Crippen MR) is 48.3 cm³/mol. The monoisotopic (exact) mass is 204 g/mol. The van der Waals surface area contributed by atoms with Crippen LogP contribution >= 0.6 is 0 Å². The van der Waals surface area contributed by atoms with Crippen LogP contribution in [0.4, 0.5) is 0 Å². The van der Waals surface area contributed by atoms with Crippen LogP contribution in [-0.4, -0.2) is 14.7 Å². The Hall–Kier alpha value is -0.420. The molecular formula is C8H14NO3S-. The van der Waals surface area contributed by atoms with Gasteiger partial charge in [0.15, 0.2) is 0 Å². The molecule has 5 heteroatoms. The summed E-state index contributed by atoms with van der Waals surface area (Å²) in [6.07, 6.45) is 6.03. The number of rotatable bonds is 4. The van der Waals surface area contributed by atoms with Crippen molar-refractivity contribution >= 4 is 17.2 Å². The van der Waals surface area contributed by atoms with Crippen molar-refractivity contribution in [3.8, 4) is 0 Å². The topological polar surface area (TPSA) is 69.2 Å². The van der Waals surface area contributed by atoms with Crippen molar-refractivity contribution in [2.45, 2.75) is 38.5 Å². The van der Waals surface area contributed by atoms with Crippen LogP contribution < -0.4 is 4.72 Å². The Morgan fingerprint density at radius 2 is 2.08 bits per heavy atom. The summed E-state index contributed by atoms with van der Waals surface area (Å²) in [4.78, 5) is 10.9. The standard InChI is InChI=1S/C8H15NO3S/c10-8(9-13(11)12)6-5-7-3-1-2-4-7/h7H,1-6H2,(H,9,10)(H,11,12)/p-1. The maximum Gasteiger partial charge on any atom is 0.230 e. The average molecular weight is 204 g/mol. The molecular weight excluding hydrogens is 190 g/mol. The van der Waals surface area contributed by atoms with Crippen LogP contribution in [0.3, 0.4) is 0 Å². The van der Waals surface area contributed by atoms with Gasteiger partial charge < -0.3 is 4.55 Å². The van der Waals surface area contributed by atoms with Gasteiger partial charge in [0.05, 0.1) is 0 Å². The van der Waals surface area contributed by atoms with Crippen LogP contribution in [0, 0.1) is 5.92 Å². The molecule has 1 fully saturated rings. The van der Waals surface area contributed by atoms with Crippen LogP contribution in [-0.2, 0) is 16.1 Å². The zero-order valence-corrected chi connectivity index (χ0v) is 8.27. The SMILES string of the molecule is O=C(CCC1CCCC1)NS(=O)[O-]. The van der Waals surface area contributed by atoms with Gasteiger partial charge in [0.2, 0.25) is 5.91 Å². The van der Waals surface area contributed by atoms with Gasteiger partial charge in [-0.3, -0.25) is 13.7 Å². The van der Waals surface area contributed by atoms with E-state index < -0.39 is 11.3 Å². The molecule has 0 bridgehead atoms. The molecule has 1 amide bonds. The van der Waals surface area contributed by atoms with Crippen molar-refractivity contribution in [1.29, 1.82) is 0 Å². The first-order valence-electron chi connectivity index (χ1n) is 4.57. The van der Waals surface area contributed by atoms with Crippen LogP contribution in [0.25, 0.3) is 0 Å². The summed E-state index contributed by atoms with van der Waals surface area (Å²) in [5.41, 5.74) is 0. The lowest BCUT2D eigenvalue weighted by molar-refractivity contribution is -0.119. The second-order valence-electron chi connectivity index (χ2n) is 3.45. The first kappa shape index (κ1) is 10.7. The molecule has 4 nitrogen and oxygen atoms in total. The smallest absolute Gasteiger partial charge is 0.230 e. The highest BCUT2D eigenvalue weighted by atomic mass is 32.2. The highest BCUT2D eigenvalue weighted by molar-refractivity contribution is 7.77. The molecule has 0 saturated heterocycles. The van der Waals surface area contributed by atoms with Crippen molar-refractivity contribution in [3.63, 3.8) is 0 Å². The molecule has 13 heavy (non-hydrogen) atoms. The molecule has 1 saturated carbocycles. The maximum atomic E-state index is 10.9. The van der Waals surface area contributed by atoms with Crippen LogP contribution in [0.5, 0.6) is 0 Å². The Labute approximate surface area is 80.5 Å². The first-order chi connectivity index (χ1) is 6.18. The highest BCUT2D eigenvalue weighted by Crippen LogP contribution is 2.28. The quantitative estimate of drug-likeness (QED) is 0.691. The third-order valence-corrected chi connectivity index (χ3v) is 2.85. The van der Waals surface area contributed by atoms with Gasteiger partial charge >= 0.3 is 0 Å². The molecule has 1 N–H and O–H groups in total. The Balaban J connectivity index is 2.10. The summed E-state index contributed by atoms with van der Waals surface area (Å²) in [5.74, 6) is 0.242. The van der Waals surface area contributed by atoms with E-state index >= 15 is 0 Å². The average Bonchev–Trinajstić information content (AvgIpc) is 2.51. The molecule has 0 aromatic heterocycles. The number of hydrogen-bond donors (Lipinski definition) is 1. The second kappa shape index (κ2) is 5.34. The normalized spacial score (nSPS) is 20.1. The third kappa shape index (κ3) is 4.38. The van der Waals surface area contributed by atoms with Crippen molar-refractivity contribution < 1.29 is 13.6 Å². The van der Waals surface area contributed by atoms with Gasteiger partial charge in [0.1, 0.15) is 0 Å². The van der Waals surface area contributed by atoms with Gasteiger partial charge in [-0.05, 0) is 12.3 Å². The summed E-state index contributed by atoms with van der Waals surface area (Å²) >= 11 is -2.45. The van der Waals surface area contributed by atoms with E-state index in [1.807, 2.05) is 4.72 Å². The van der Waals surface area contributed by atoms with Crippen molar-refractivity contribution in [2.24, 2.45) is 5.92 Å². The van der Waals surface area contributed by atoms with E-state index in [0.717, 1.165) is 6.42 Å². The van der Waals surface area contributed by atoms with E-state index in [2.05, 4.69) is 0 Å². The fraction of sp³-hybridized carbons (Fsp3) is 0.875. The van der Waals surface area contributed by atoms with Crippen molar-refractivity contribution in [2.75, 3.05) is 0 Å². The fourth-order valence-corrected chi connectivity index (χ4v) is 2.07. The van der Waals surface area contributed by atoms with Crippen LogP contribution in [0.15, 0.2) is 0 Å². The van der Waals surface area contributed by atoms with Gasteiger partial charge in [-0.1, -0.05) is 25.7 Å². The molecule has 1 unspecified atom stereocenters. The third-order valence-electron chi connectivity index (χ3n) is 2.45. The molecule has 1 rings (SSSR count). The van der Waals surface area contributed by atoms with E-state index in [-0.39, 0.29) is 5.91 Å². The number of hydrogen-bond acceptors (Lipinski definition) is 3. The van der Waals surface area contributed by atoms with E-state index in [4.69, 9.17) is 0 Å². The van der Waals surface area contributed by atoms with Crippen molar-refractivity contribution in [1.82, 2.24) is 4.72 Å². The summed E-state index contributed by atoms with van der Waals surface area (Å²) in [6.45, 7) is 0. The van der Waals surface area contributed by atoms with Gasteiger partial charge in [-0.2, -0.15) is 0 Å². The minimum atomic E-state index is -2.45. The summed E-state index contributed by atoms with van der Waals surface area (Å²) in [5, 5.41) is 0.